The minimum Gasteiger partial charge on any atom is -0.383 e. The Labute approximate surface area is 106 Å². The molecular weight excluding hydrogens is 268 g/mol. The van der Waals surface area contributed by atoms with E-state index in [-0.39, 0.29) is 0 Å². The van der Waals surface area contributed by atoms with Crippen LogP contribution in [0.5, 0.6) is 0 Å². The van der Waals surface area contributed by atoms with Crippen molar-refractivity contribution in [2.45, 2.75) is 26.8 Å². The summed E-state index contributed by atoms with van der Waals surface area (Å²) < 4.78 is 6.26. The van der Waals surface area contributed by atoms with Gasteiger partial charge in [-0.25, -0.2) is 4.98 Å². The molecule has 1 aromatic heterocycles. The normalized spacial score (nSPS) is 12.6. The quantitative estimate of drug-likeness (QED) is 0.832. The third-order valence-corrected chi connectivity index (χ3v) is 3.60. The summed E-state index contributed by atoms with van der Waals surface area (Å²) in [4.78, 5) is 6.67. The molecule has 0 aliphatic heterocycles. The molecule has 0 N–H and O–H groups in total. The molecule has 1 heterocycles. The molecule has 0 fully saturated rings. The number of ether oxygens (including phenoxy) is 1. The predicted molar refractivity (Wildman–Crippen MR) is 71.0 cm³/mol. The number of anilines is 1. The predicted octanol–water partition coefficient (Wildman–Crippen LogP) is 3.01. The molecule has 0 saturated carbocycles. The molecule has 0 radical (unpaired) electrons. The number of methoxy groups -OCH3 is 1. The maximum atomic E-state index is 5.19. The Morgan fingerprint density at radius 3 is 2.81 bits per heavy atom. The van der Waals surface area contributed by atoms with Gasteiger partial charge in [0.05, 0.1) is 17.1 Å². The van der Waals surface area contributed by atoms with E-state index in [4.69, 9.17) is 4.74 Å². The van der Waals surface area contributed by atoms with Crippen molar-refractivity contribution in [2.24, 2.45) is 0 Å². The van der Waals surface area contributed by atoms with Gasteiger partial charge in [0, 0.05) is 19.9 Å². The molecule has 3 nitrogen and oxygen atoms in total. The highest BCUT2D eigenvalue weighted by Crippen LogP contribution is 2.27. The summed E-state index contributed by atoms with van der Waals surface area (Å²) in [5, 5.41) is 0. The molecule has 0 saturated heterocycles. The van der Waals surface area contributed by atoms with Gasteiger partial charge < -0.3 is 9.64 Å². The molecule has 0 aromatic carbocycles. The average molecular weight is 287 g/mol. The van der Waals surface area contributed by atoms with Crippen molar-refractivity contribution < 1.29 is 4.74 Å². The molecular formula is C12H19BrN2O. The molecule has 16 heavy (non-hydrogen) atoms. The first-order valence-corrected chi connectivity index (χ1v) is 6.27. The molecule has 0 bridgehead atoms. The monoisotopic (exact) mass is 286 g/mol. The summed E-state index contributed by atoms with van der Waals surface area (Å²) in [6, 6.07) is 2.32. The van der Waals surface area contributed by atoms with E-state index in [0.717, 1.165) is 16.8 Å². The van der Waals surface area contributed by atoms with Crippen LogP contribution in [0.2, 0.25) is 0 Å². The van der Waals surface area contributed by atoms with Gasteiger partial charge in [-0.2, -0.15) is 0 Å². The minimum absolute atomic E-state index is 0.320. The van der Waals surface area contributed by atoms with Crippen LogP contribution in [0.1, 0.15) is 19.4 Å². The molecule has 0 amide bonds. The summed E-state index contributed by atoms with van der Waals surface area (Å²) in [6.07, 6.45) is 1.84. The van der Waals surface area contributed by atoms with E-state index in [9.17, 15) is 0 Å². The van der Waals surface area contributed by atoms with E-state index in [1.807, 2.05) is 12.3 Å². The van der Waals surface area contributed by atoms with Crippen molar-refractivity contribution in [2.75, 3.05) is 25.2 Å². The van der Waals surface area contributed by atoms with E-state index >= 15 is 0 Å². The first-order chi connectivity index (χ1) is 7.61. The van der Waals surface area contributed by atoms with Crippen LogP contribution in [0.15, 0.2) is 16.7 Å². The second-order valence-corrected chi connectivity index (χ2v) is 4.65. The van der Waals surface area contributed by atoms with Crippen LogP contribution >= 0.6 is 15.9 Å². The number of likely N-dealkylation sites (N-methyl/N-ethyl adjacent to an activating group) is 1. The van der Waals surface area contributed by atoms with Gasteiger partial charge in [-0.3, -0.25) is 0 Å². The van der Waals surface area contributed by atoms with Crippen LogP contribution in [0.3, 0.4) is 0 Å². The topological polar surface area (TPSA) is 25.4 Å². The largest absolute Gasteiger partial charge is 0.383 e. The van der Waals surface area contributed by atoms with Crippen molar-refractivity contribution in [3.63, 3.8) is 0 Å². The summed E-state index contributed by atoms with van der Waals surface area (Å²) in [6.45, 7) is 7.96. The summed E-state index contributed by atoms with van der Waals surface area (Å²) in [7, 11) is 1.73. The van der Waals surface area contributed by atoms with E-state index in [1.165, 1.54) is 5.56 Å². The van der Waals surface area contributed by atoms with Gasteiger partial charge in [0.15, 0.2) is 0 Å². The van der Waals surface area contributed by atoms with Gasteiger partial charge in [-0.1, -0.05) is 0 Å². The van der Waals surface area contributed by atoms with Crippen LogP contribution in [0.25, 0.3) is 0 Å². The van der Waals surface area contributed by atoms with Gasteiger partial charge in [-0.05, 0) is 48.3 Å². The first-order valence-electron chi connectivity index (χ1n) is 5.48. The Bertz CT molecular complexity index is 344. The smallest absolute Gasteiger partial charge is 0.143 e. The second kappa shape index (κ2) is 6.21. The molecule has 0 aliphatic rings. The fourth-order valence-corrected chi connectivity index (χ4v) is 2.19. The van der Waals surface area contributed by atoms with Gasteiger partial charge in [0.25, 0.3) is 0 Å². The fourth-order valence-electron chi connectivity index (χ4n) is 1.73. The van der Waals surface area contributed by atoms with Crippen LogP contribution in [0.4, 0.5) is 5.82 Å². The summed E-state index contributed by atoms with van der Waals surface area (Å²) in [5.41, 5.74) is 1.20. The Kier molecular flexibility index (Phi) is 5.22. The summed E-state index contributed by atoms with van der Waals surface area (Å²) in [5.74, 6) is 0.993. The zero-order valence-electron chi connectivity index (χ0n) is 10.3. The molecule has 4 heteroatoms. The minimum atomic E-state index is 0.320. The number of aromatic nitrogens is 1. The highest BCUT2D eigenvalue weighted by atomic mass is 79.9. The Morgan fingerprint density at radius 2 is 2.25 bits per heavy atom. The number of halogens is 1. The van der Waals surface area contributed by atoms with Gasteiger partial charge >= 0.3 is 0 Å². The van der Waals surface area contributed by atoms with Crippen LogP contribution < -0.4 is 4.90 Å². The maximum absolute atomic E-state index is 5.19. The van der Waals surface area contributed by atoms with Gasteiger partial charge in [0.2, 0.25) is 0 Å². The molecule has 90 valence electrons. The Hall–Kier alpha value is -0.610. The van der Waals surface area contributed by atoms with Gasteiger partial charge in [-0.15, -0.1) is 0 Å². The highest BCUT2D eigenvalue weighted by molar-refractivity contribution is 9.10. The SMILES string of the molecule is CCN(c1nccc(C)c1Br)C(C)COC. The van der Waals surface area contributed by atoms with Crippen molar-refractivity contribution in [3.8, 4) is 0 Å². The number of hydrogen-bond donors (Lipinski definition) is 0. The third-order valence-electron chi connectivity index (χ3n) is 2.62. The average Bonchev–Trinajstić information content (AvgIpc) is 2.25. The van der Waals surface area contributed by atoms with Crippen molar-refractivity contribution in [1.29, 1.82) is 0 Å². The molecule has 0 spiro atoms. The fraction of sp³-hybridized carbons (Fsp3) is 0.583. The highest BCUT2D eigenvalue weighted by Gasteiger charge is 2.17. The number of pyridine rings is 1. The number of rotatable bonds is 5. The third kappa shape index (κ3) is 2.95. The standard InChI is InChI=1S/C12H19BrN2O/c1-5-15(10(3)8-16-4)12-11(13)9(2)6-7-14-12/h6-7,10H,5,8H2,1-4H3. The lowest BCUT2D eigenvalue weighted by Crippen LogP contribution is -2.37. The van der Waals surface area contributed by atoms with Crippen LogP contribution in [-0.4, -0.2) is 31.3 Å². The van der Waals surface area contributed by atoms with E-state index < -0.39 is 0 Å². The Morgan fingerprint density at radius 1 is 1.56 bits per heavy atom. The van der Waals surface area contributed by atoms with E-state index in [0.29, 0.717) is 12.6 Å². The zero-order valence-corrected chi connectivity index (χ0v) is 11.9. The van der Waals surface area contributed by atoms with Crippen molar-refractivity contribution >= 4 is 21.7 Å². The lowest BCUT2D eigenvalue weighted by Gasteiger charge is -2.29. The second-order valence-electron chi connectivity index (χ2n) is 3.86. The van der Waals surface area contributed by atoms with E-state index in [1.54, 1.807) is 7.11 Å². The Balaban J connectivity index is 2.99. The van der Waals surface area contributed by atoms with Gasteiger partial charge in [0.1, 0.15) is 5.82 Å². The lowest BCUT2D eigenvalue weighted by atomic mass is 10.2. The molecule has 1 aromatic rings. The number of aryl methyl sites for hydroxylation is 1. The molecule has 1 atom stereocenters. The van der Waals surface area contributed by atoms with Crippen molar-refractivity contribution in [1.82, 2.24) is 4.98 Å². The number of hydrogen-bond acceptors (Lipinski definition) is 3. The zero-order chi connectivity index (χ0) is 12.1. The summed E-state index contributed by atoms with van der Waals surface area (Å²) >= 11 is 3.60. The van der Waals surface area contributed by atoms with Crippen LogP contribution in [-0.2, 0) is 4.74 Å². The van der Waals surface area contributed by atoms with Crippen molar-refractivity contribution in [3.05, 3.63) is 22.3 Å². The molecule has 1 rings (SSSR count). The first kappa shape index (κ1) is 13.5. The molecule has 0 aliphatic carbocycles. The van der Waals surface area contributed by atoms with E-state index in [2.05, 4.69) is 46.6 Å². The number of nitrogens with zero attached hydrogens (tertiary/aromatic N) is 2. The molecule has 1 unspecified atom stereocenters. The van der Waals surface area contributed by atoms with Crippen LogP contribution in [0, 0.1) is 6.92 Å². The lowest BCUT2D eigenvalue weighted by molar-refractivity contribution is 0.181. The maximum Gasteiger partial charge on any atom is 0.143 e.